The number of benzene rings is 3. The molecule has 0 aliphatic heterocycles. The molecular formula is C26H24F2N4O4S2. The van der Waals surface area contributed by atoms with Crippen molar-refractivity contribution in [1.82, 2.24) is 10.0 Å². The molecule has 38 heavy (non-hydrogen) atoms. The lowest BCUT2D eigenvalue weighted by Crippen LogP contribution is -2.53. The number of aryl methyl sites for hydroxylation is 1. The Morgan fingerprint density at radius 3 is 2.34 bits per heavy atom. The van der Waals surface area contributed by atoms with Crippen LogP contribution in [-0.4, -0.2) is 33.4 Å². The summed E-state index contributed by atoms with van der Waals surface area (Å²) in [5.74, 6) is -2.32. The number of nitrogens with one attached hydrogen (secondary N) is 3. The van der Waals surface area contributed by atoms with Crippen molar-refractivity contribution in [3.8, 4) is 0 Å². The zero-order chi connectivity index (χ0) is 27.4. The van der Waals surface area contributed by atoms with Gasteiger partial charge >= 0.3 is 16.2 Å². The number of carbonyl (C=O) groups excluding carboxylic acids is 2. The van der Waals surface area contributed by atoms with E-state index in [0.717, 1.165) is 27.8 Å². The van der Waals surface area contributed by atoms with E-state index >= 15 is 0 Å². The first-order valence-corrected chi connectivity index (χ1v) is 13.7. The van der Waals surface area contributed by atoms with Gasteiger partial charge < -0.3 is 10.2 Å². The Labute approximate surface area is 222 Å². The molecule has 0 saturated heterocycles. The molecular weight excluding hydrogens is 534 g/mol. The largest absolute Gasteiger partial charge is 0.330 e. The molecule has 12 heteroatoms. The molecule has 1 heterocycles. The number of rotatable bonds is 8. The van der Waals surface area contributed by atoms with Gasteiger partial charge in [-0.15, -0.1) is 11.3 Å². The number of likely N-dealkylation sites (N-methyl/N-ethyl adjacent to an activating group) is 1. The lowest BCUT2D eigenvalue weighted by Gasteiger charge is -2.25. The van der Waals surface area contributed by atoms with Gasteiger partial charge in [-0.1, -0.05) is 17.7 Å². The molecule has 3 amide bonds. The first kappa shape index (κ1) is 27.0. The highest BCUT2D eigenvalue weighted by molar-refractivity contribution is 7.91. The number of thiophene rings is 1. The van der Waals surface area contributed by atoms with Crippen molar-refractivity contribution in [2.45, 2.75) is 19.4 Å². The summed E-state index contributed by atoms with van der Waals surface area (Å²) in [4.78, 5) is 27.4. The fourth-order valence-corrected chi connectivity index (χ4v) is 5.37. The van der Waals surface area contributed by atoms with Crippen LogP contribution in [0.3, 0.4) is 0 Å². The summed E-state index contributed by atoms with van der Waals surface area (Å²) < 4.78 is 57.6. The number of fused-ring (bicyclic) bond motifs is 1. The molecule has 3 aromatic carbocycles. The van der Waals surface area contributed by atoms with E-state index in [-0.39, 0.29) is 17.7 Å². The predicted octanol–water partition coefficient (Wildman–Crippen LogP) is 4.72. The lowest BCUT2D eigenvalue weighted by atomic mass is 10.0. The highest BCUT2D eigenvalue weighted by atomic mass is 32.2. The molecule has 1 atom stereocenters. The lowest BCUT2D eigenvalue weighted by molar-refractivity contribution is -0.120. The van der Waals surface area contributed by atoms with Crippen LogP contribution in [-0.2, 0) is 21.4 Å². The van der Waals surface area contributed by atoms with Gasteiger partial charge in [-0.2, -0.15) is 8.42 Å². The average molecular weight is 559 g/mol. The highest BCUT2D eigenvalue weighted by Gasteiger charge is 2.27. The van der Waals surface area contributed by atoms with Gasteiger partial charge in [-0.25, -0.2) is 18.3 Å². The first-order chi connectivity index (χ1) is 18.0. The molecule has 0 aliphatic rings. The maximum Gasteiger partial charge on any atom is 0.330 e. The van der Waals surface area contributed by atoms with Crippen molar-refractivity contribution in [2.24, 2.45) is 0 Å². The molecule has 198 valence electrons. The number of carbonyl (C=O) groups is 2. The van der Waals surface area contributed by atoms with Gasteiger partial charge in [-0.3, -0.25) is 9.52 Å². The molecule has 4 rings (SSSR count). The minimum atomic E-state index is -4.35. The summed E-state index contributed by atoms with van der Waals surface area (Å²) in [7, 11) is -2.86. The van der Waals surface area contributed by atoms with Gasteiger partial charge in [0.1, 0.15) is 17.7 Å². The van der Waals surface area contributed by atoms with Crippen LogP contribution in [0.25, 0.3) is 10.1 Å². The normalized spacial score (nSPS) is 12.1. The molecule has 1 aromatic heterocycles. The average Bonchev–Trinajstić information content (AvgIpc) is 3.31. The molecule has 0 spiro atoms. The Morgan fingerprint density at radius 1 is 0.974 bits per heavy atom. The van der Waals surface area contributed by atoms with Gasteiger partial charge in [0.05, 0.1) is 5.69 Å². The zero-order valence-corrected chi connectivity index (χ0v) is 22.0. The first-order valence-electron chi connectivity index (χ1n) is 11.4. The molecule has 8 nitrogen and oxygen atoms in total. The van der Waals surface area contributed by atoms with E-state index < -0.39 is 39.8 Å². The van der Waals surface area contributed by atoms with Crippen LogP contribution < -0.4 is 19.7 Å². The van der Waals surface area contributed by atoms with Gasteiger partial charge in [0.2, 0.25) is 5.91 Å². The van der Waals surface area contributed by atoms with Gasteiger partial charge in [0.15, 0.2) is 0 Å². The second kappa shape index (κ2) is 11.2. The summed E-state index contributed by atoms with van der Waals surface area (Å²) in [5.41, 5.74) is 1.76. The summed E-state index contributed by atoms with van der Waals surface area (Å²) in [6.07, 6.45) is -0.294. The molecule has 0 radical (unpaired) electrons. The Morgan fingerprint density at radius 2 is 1.66 bits per heavy atom. The number of hydrogen-bond acceptors (Lipinski definition) is 5. The molecule has 3 N–H and O–H groups in total. The topological polar surface area (TPSA) is 108 Å². The summed E-state index contributed by atoms with van der Waals surface area (Å²) in [6.45, 7) is 1.83. The van der Waals surface area contributed by atoms with Crippen molar-refractivity contribution in [2.75, 3.05) is 16.7 Å². The standard InChI is InChI=1S/C26H24F2N4O4S2/c1-16-3-5-21(6-4-16)30-38(35,36)31-26(34)29-23(13-17-11-19(27)15-20(28)12-17)25(33)32(2)22-7-8-24-18(14-22)9-10-37-24/h3-12,14-15,23,30H,13H2,1-2H3,(H2,29,31,34)/t23-/m0/s1. The minimum Gasteiger partial charge on any atom is -0.325 e. The van der Waals surface area contributed by atoms with Crippen molar-refractivity contribution in [3.63, 3.8) is 0 Å². The monoisotopic (exact) mass is 558 g/mol. The van der Waals surface area contributed by atoms with Crippen LogP contribution in [0, 0.1) is 18.6 Å². The second-order valence-corrected chi connectivity index (χ2v) is 11.0. The van der Waals surface area contributed by atoms with Crippen LogP contribution in [0.1, 0.15) is 11.1 Å². The Balaban J connectivity index is 1.54. The van der Waals surface area contributed by atoms with Crippen molar-refractivity contribution in [1.29, 1.82) is 0 Å². The number of nitrogens with zero attached hydrogens (tertiary/aromatic N) is 1. The van der Waals surface area contributed by atoms with E-state index in [9.17, 15) is 26.8 Å². The van der Waals surface area contributed by atoms with Crippen LogP contribution in [0.4, 0.5) is 25.0 Å². The Hall–Kier alpha value is -4.03. The third kappa shape index (κ3) is 6.84. The predicted molar refractivity (Wildman–Crippen MR) is 144 cm³/mol. The maximum absolute atomic E-state index is 13.8. The molecule has 0 unspecified atom stereocenters. The van der Waals surface area contributed by atoms with Crippen molar-refractivity contribution < 1.29 is 26.8 Å². The fourth-order valence-electron chi connectivity index (χ4n) is 3.80. The minimum absolute atomic E-state index is 0.100. The molecule has 0 fully saturated rings. The maximum atomic E-state index is 13.8. The smallest absolute Gasteiger partial charge is 0.325 e. The Bertz CT molecular complexity index is 1570. The van der Waals surface area contributed by atoms with Crippen LogP contribution in [0.2, 0.25) is 0 Å². The van der Waals surface area contributed by atoms with Gasteiger partial charge in [0, 0.05) is 29.9 Å². The summed E-state index contributed by atoms with van der Waals surface area (Å²) in [5, 5.41) is 5.16. The van der Waals surface area contributed by atoms with E-state index in [1.54, 1.807) is 29.0 Å². The van der Waals surface area contributed by atoms with Gasteiger partial charge in [-0.05, 0) is 71.8 Å². The number of anilines is 2. The third-order valence-corrected chi connectivity index (χ3v) is 7.51. The molecule has 0 bridgehead atoms. The summed E-state index contributed by atoms with van der Waals surface area (Å²) in [6, 6.07) is 13.9. The van der Waals surface area contributed by atoms with E-state index in [1.165, 1.54) is 35.4 Å². The highest BCUT2D eigenvalue weighted by Crippen LogP contribution is 2.26. The van der Waals surface area contributed by atoms with Crippen LogP contribution in [0.5, 0.6) is 0 Å². The third-order valence-electron chi connectivity index (χ3n) is 5.65. The summed E-state index contributed by atoms with van der Waals surface area (Å²) >= 11 is 1.54. The van der Waals surface area contributed by atoms with E-state index in [4.69, 9.17) is 0 Å². The molecule has 0 aliphatic carbocycles. The van der Waals surface area contributed by atoms with Crippen molar-refractivity contribution in [3.05, 3.63) is 94.9 Å². The second-order valence-electron chi connectivity index (χ2n) is 8.62. The van der Waals surface area contributed by atoms with E-state index in [2.05, 4.69) is 10.0 Å². The van der Waals surface area contributed by atoms with E-state index in [0.29, 0.717) is 11.8 Å². The molecule has 4 aromatic rings. The zero-order valence-electron chi connectivity index (χ0n) is 20.4. The fraction of sp³-hybridized carbons (Fsp3) is 0.154. The SMILES string of the molecule is Cc1ccc(NS(=O)(=O)NC(=O)N[C@@H](Cc2cc(F)cc(F)c2)C(=O)N(C)c2ccc3sccc3c2)cc1. The number of urea groups is 1. The van der Waals surface area contributed by atoms with E-state index in [1.807, 2.05) is 24.4 Å². The van der Waals surface area contributed by atoms with Gasteiger partial charge in [0.25, 0.3) is 0 Å². The number of amides is 3. The number of hydrogen-bond donors (Lipinski definition) is 3. The molecule has 0 saturated carbocycles. The quantitative estimate of drug-likeness (QED) is 0.291. The van der Waals surface area contributed by atoms with Crippen LogP contribution >= 0.6 is 11.3 Å². The number of halogens is 2. The Kier molecular flexibility index (Phi) is 7.93. The van der Waals surface area contributed by atoms with Crippen LogP contribution in [0.15, 0.2) is 72.1 Å². The van der Waals surface area contributed by atoms with Crippen molar-refractivity contribution >= 4 is 54.9 Å².